The number of nitrogens with one attached hydrogen (secondary N) is 2. The molecule has 5 rings (SSSR count). The van der Waals surface area contributed by atoms with E-state index in [-0.39, 0.29) is 57.1 Å². The van der Waals surface area contributed by atoms with Crippen molar-refractivity contribution in [3.8, 4) is 5.75 Å². The predicted octanol–water partition coefficient (Wildman–Crippen LogP) is 5.88. The molecule has 0 radical (unpaired) electrons. The molecular formula is C35H35ClF6N4O4. The average Bonchev–Trinajstić information content (AvgIpc) is 3.91. The van der Waals surface area contributed by atoms with E-state index in [1.54, 1.807) is 47.4 Å². The van der Waals surface area contributed by atoms with E-state index < -0.39 is 47.7 Å². The lowest BCUT2D eigenvalue weighted by atomic mass is 10.0. The Morgan fingerprint density at radius 1 is 0.980 bits per heavy atom. The molecule has 3 amide bonds. The number of hydrogen-bond acceptors (Lipinski definition) is 5. The Morgan fingerprint density at radius 2 is 1.68 bits per heavy atom. The molecular weight excluding hydrogens is 690 g/mol. The largest absolute Gasteiger partial charge is 0.488 e. The maximum atomic E-state index is 14.1. The molecule has 50 heavy (non-hydrogen) atoms. The molecule has 8 nitrogen and oxygen atoms in total. The Hall–Kier alpha value is -4.30. The van der Waals surface area contributed by atoms with Gasteiger partial charge in [0, 0.05) is 36.4 Å². The molecule has 1 aliphatic carbocycles. The zero-order chi connectivity index (χ0) is 36.0. The van der Waals surface area contributed by atoms with Gasteiger partial charge in [0.05, 0.1) is 13.2 Å². The van der Waals surface area contributed by atoms with Gasteiger partial charge in [-0.3, -0.25) is 19.3 Å². The van der Waals surface area contributed by atoms with Gasteiger partial charge in [-0.25, -0.2) is 8.78 Å². The van der Waals surface area contributed by atoms with E-state index in [1.165, 1.54) is 4.90 Å². The third-order valence-electron chi connectivity index (χ3n) is 8.37. The lowest BCUT2D eigenvalue weighted by Crippen LogP contribution is -2.61. The fraction of sp³-hybridized carbons (Fsp3) is 0.400. The van der Waals surface area contributed by atoms with Crippen LogP contribution in [0.15, 0.2) is 54.6 Å². The van der Waals surface area contributed by atoms with E-state index in [9.17, 15) is 40.7 Å². The number of halogens is 7. The molecule has 0 spiro atoms. The van der Waals surface area contributed by atoms with Crippen molar-refractivity contribution in [2.45, 2.75) is 63.3 Å². The van der Waals surface area contributed by atoms with Gasteiger partial charge in [0.1, 0.15) is 12.5 Å². The summed E-state index contributed by atoms with van der Waals surface area (Å²) in [5.41, 5.74) is 2.71. The van der Waals surface area contributed by atoms with Crippen molar-refractivity contribution < 1.29 is 45.5 Å². The lowest BCUT2D eigenvalue weighted by Gasteiger charge is -2.38. The van der Waals surface area contributed by atoms with Gasteiger partial charge in [-0.15, -0.1) is 0 Å². The molecule has 1 saturated heterocycles. The van der Waals surface area contributed by atoms with Crippen molar-refractivity contribution in [2.24, 2.45) is 0 Å². The summed E-state index contributed by atoms with van der Waals surface area (Å²) in [5, 5.41) is 5.68. The Bertz CT molecular complexity index is 1700. The van der Waals surface area contributed by atoms with Crippen molar-refractivity contribution in [3.05, 3.63) is 93.8 Å². The summed E-state index contributed by atoms with van der Waals surface area (Å²) in [7, 11) is 0. The van der Waals surface area contributed by atoms with Gasteiger partial charge >= 0.3 is 6.18 Å². The van der Waals surface area contributed by atoms with E-state index in [1.807, 2.05) is 0 Å². The van der Waals surface area contributed by atoms with E-state index in [0.29, 0.717) is 35.2 Å². The Balaban J connectivity index is 1.22. The highest BCUT2D eigenvalue weighted by molar-refractivity contribution is 6.31. The highest BCUT2D eigenvalue weighted by Gasteiger charge is 2.41. The van der Waals surface area contributed by atoms with Crippen LogP contribution in [0.1, 0.15) is 42.4 Å². The van der Waals surface area contributed by atoms with Crippen molar-refractivity contribution in [3.63, 3.8) is 0 Å². The molecule has 2 aliphatic rings. The maximum Gasteiger partial charge on any atom is 0.397 e. The minimum atomic E-state index is -4.59. The second-order valence-corrected chi connectivity index (χ2v) is 12.6. The van der Waals surface area contributed by atoms with E-state index in [0.717, 1.165) is 30.0 Å². The summed E-state index contributed by atoms with van der Waals surface area (Å²) >= 11 is 6.51. The number of ether oxygens (including phenoxy) is 1. The predicted molar refractivity (Wildman–Crippen MR) is 173 cm³/mol. The molecule has 3 aromatic rings. The molecule has 1 heterocycles. The third kappa shape index (κ3) is 9.69. The van der Waals surface area contributed by atoms with Crippen LogP contribution in [0.2, 0.25) is 5.02 Å². The Labute approximate surface area is 289 Å². The molecule has 1 aliphatic heterocycles. The van der Waals surface area contributed by atoms with Crippen molar-refractivity contribution >= 4 is 35.0 Å². The first-order valence-electron chi connectivity index (χ1n) is 16.1. The topological polar surface area (TPSA) is 91.0 Å². The summed E-state index contributed by atoms with van der Waals surface area (Å²) in [6.07, 6.45) is -3.50. The third-order valence-corrected chi connectivity index (χ3v) is 8.74. The molecule has 268 valence electrons. The van der Waals surface area contributed by atoms with Crippen molar-refractivity contribution in [2.75, 3.05) is 31.1 Å². The van der Waals surface area contributed by atoms with Gasteiger partial charge in [0.2, 0.25) is 23.5 Å². The van der Waals surface area contributed by atoms with Crippen molar-refractivity contribution in [1.29, 1.82) is 0 Å². The smallest absolute Gasteiger partial charge is 0.397 e. The van der Waals surface area contributed by atoms with Gasteiger partial charge in [0.25, 0.3) is 0 Å². The summed E-state index contributed by atoms with van der Waals surface area (Å²) in [6, 6.07) is 12.7. The highest BCUT2D eigenvalue weighted by atomic mass is 35.5. The highest BCUT2D eigenvalue weighted by Crippen LogP contribution is 2.33. The lowest BCUT2D eigenvalue weighted by molar-refractivity contribution is -0.153. The molecule has 3 aromatic carbocycles. The van der Waals surface area contributed by atoms with Gasteiger partial charge in [-0.05, 0) is 79.1 Å². The number of hydrogen-bond donors (Lipinski definition) is 2. The zero-order valence-corrected chi connectivity index (χ0v) is 27.6. The number of carbonyl (C=O) groups excluding carboxylic acids is 3. The summed E-state index contributed by atoms with van der Waals surface area (Å²) in [6.45, 7) is 0.333. The molecule has 1 saturated carbocycles. The van der Waals surface area contributed by atoms with Crippen LogP contribution in [0.4, 0.5) is 32.0 Å². The first kappa shape index (κ1) is 37.0. The standard InChI is InChI=1S/C35H35ClF6N4O4/c36-26-10-5-22(13-14-44-30(47)17-35(40,41)42)16-23(26)20-45(24-8-9-24)34(49)29-18-43-19-31(48)46(29)25-6-3-21(4-7-25)2-1-15-50-33-28(38)12-11-27(37)32(33)39/h3-7,10-12,16,24,29,43H,1-2,8-9,13-15,17-20H2,(H,44,47)/t29-/m1/s1. The van der Waals surface area contributed by atoms with Crippen LogP contribution in [0, 0.1) is 17.5 Å². The quantitative estimate of drug-likeness (QED) is 0.123. The fourth-order valence-electron chi connectivity index (χ4n) is 5.75. The second kappa shape index (κ2) is 16.2. The normalized spacial score (nSPS) is 16.3. The zero-order valence-electron chi connectivity index (χ0n) is 26.8. The van der Waals surface area contributed by atoms with Crippen LogP contribution in [0.5, 0.6) is 5.75 Å². The van der Waals surface area contributed by atoms with Crippen LogP contribution in [0.3, 0.4) is 0 Å². The summed E-state index contributed by atoms with van der Waals surface area (Å²) in [5.74, 6) is -6.04. The molecule has 2 fully saturated rings. The number of rotatable bonds is 14. The molecule has 1 atom stereocenters. The number of anilines is 1. The number of amides is 3. The number of carbonyl (C=O) groups is 3. The average molecular weight is 725 g/mol. The van der Waals surface area contributed by atoms with E-state index in [4.69, 9.17) is 16.3 Å². The van der Waals surface area contributed by atoms with Crippen molar-refractivity contribution in [1.82, 2.24) is 15.5 Å². The number of aryl methyl sites for hydroxylation is 1. The van der Waals surface area contributed by atoms with Crippen LogP contribution in [-0.2, 0) is 33.8 Å². The minimum Gasteiger partial charge on any atom is -0.488 e. The molecule has 0 unspecified atom stereocenters. The summed E-state index contributed by atoms with van der Waals surface area (Å²) < 4.78 is 83.6. The van der Waals surface area contributed by atoms with Crippen LogP contribution < -0.4 is 20.3 Å². The van der Waals surface area contributed by atoms with Gasteiger partial charge in [-0.2, -0.15) is 17.6 Å². The number of alkyl halides is 3. The van der Waals surface area contributed by atoms with Crippen LogP contribution >= 0.6 is 11.6 Å². The van der Waals surface area contributed by atoms with Crippen LogP contribution in [-0.4, -0.2) is 67.1 Å². The van der Waals surface area contributed by atoms with Gasteiger partial charge in [0.15, 0.2) is 17.4 Å². The number of benzene rings is 3. The van der Waals surface area contributed by atoms with E-state index >= 15 is 0 Å². The molecule has 2 N–H and O–H groups in total. The summed E-state index contributed by atoms with van der Waals surface area (Å²) in [4.78, 5) is 42.0. The number of nitrogens with zero attached hydrogens (tertiary/aromatic N) is 2. The van der Waals surface area contributed by atoms with Gasteiger partial charge in [-0.1, -0.05) is 35.9 Å². The number of piperazine rings is 1. The Kier molecular flexibility index (Phi) is 11.9. The minimum absolute atomic E-state index is 0.00643. The first-order valence-corrected chi connectivity index (χ1v) is 16.5. The molecule has 15 heteroatoms. The molecule has 0 aromatic heterocycles. The van der Waals surface area contributed by atoms with E-state index in [2.05, 4.69) is 10.6 Å². The molecule has 0 bridgehead atoms. The van der Waals surface area contributed by atoms with Gasteiger partial charge < -0.3 is 20.3 Å². The second-order valence-electron chi connectivity index (χ2n) is 12.2. The van der Waals surface area contributed by atoms with Crippen LogP contribution in [0.25, 0.3) is 0 Å². The monoisotopic (exact) mass is 724 g/mol. The Morgan fingerprint density at radius 3 is 2.38 bits per heavy atom. The first-order chi connectivity index (χ1) is 23.8. The fourth-order valence-corrected chi connectivity index (χ4v) is 5.92. The maximum absolute atomic E-state index is 14.1. The SMILES string of the molecule is O=C(CC(F)(F)F)NCCc1ccc(Cl)c(CN(C(=O)[C@H]2CNCC(=O)N2c2ccc(CCCOc3c(F)ccc(F)c3F)cc2)C2CC2)c1.